The number of nitrogens with two attached hydrogens (primary N) is 1. The van der Waals surface area contributed by atoms with E-state index >= 15 is 0 Å². The number of para-hydroxylation sites is 1. The fourth-order valence-electron chi connectivity index (χ4n) is 3.70. The van der Waals surface area contributed by atoms with E-state index in [1.807, 2.05) is 54.3 Å². The third-order valence-electron chi connectivity index (χ3n) is 5.29. The van der Waals surface area contributed by atoms with Crippen molar-refractivity contribution in [3.8, 4) is 11.5 Å². The third kappa shape index (κ3) is 4.32. The summed E-state index contributed by atoms with van der Waals surface area (Å²) in [5.41, 5.74) is 8.19. The number of furan rings is 1. The molecule has 7 heteroatoms. The third-order valence-corrected chi connectivity index (χ3v) is 5.29. The normalized spacial score (nSPS) is 15.6. The molecule has 3 aromatic rings. The van der Waals surface area contributed by atoms with Crippen molar-refractivity contribution < 1.29 is 9.21 Å². The van der Waals surface area contributed by atoms with E-state index in [-0.39, 0.29) is 36.8 Å². The molecule has 0 saturated carbocycles. The van der Waals surface area contributed by atoms with Gasteiger partial charge in [0.15, 0.2) is 5.76 Å². The largest absolute Gasteiger partial charge is 0.463 e. The van der Waals surface area contributed by atoms with E-state index in [9.17, 15) is 4.79 Å². The van der Waals surface area contributed by atoms with Gasteiger partial charge in [-0.1, -0.05) is 18.2 Å². The van der Waals surface area contributed by atoms with Gasteiger partial charge in [0.05, 0.1) is 17.3 Å². The summed E-state index contributed by atoms with van der Waals surface area (Å²) in [6.07, 6.45) is 3.53. The maximum absolute atomic E-state index is 13.2. The second-order valence-corrected chi connectivity index (χ2v) is 7.04. The van der Waals surface area contributed by atoms with Crippen LogP contribution in [0.4, 0.5) is 0 Å². The van der Waals surface area contributed by atoms with Crippen molar-refractivity contribution in [1.29, 1.82) is 0 Å². The van der Waals surface area contributed by atoms with E-state index < -0.39 is 0 Å². The standard InChI is InChI=1S/C21H23N3O2.2ClH/c1-14(22)15-8-10-24(11-9-15)21(25)17-13-19(20-7-4-12-26-20)23-18-6-3-2-5-16(17)18;;/h2-7,12-15H,8-11,22H2,1H3;2*1H. The van der Waals surface area contributed by atoms with Gasteiger partial charge in [-0.2, -0.15) is 0 Å². The average molecular weight is 422 g/mol. The van der Waals surface area contributed by atoms with E-state index in [1.165, 1.54) is 0 Å². The molecule has 150 valence electrons. The Balaban J connectivity index is 0.00000140. The monoisotopic (exact) mass is 421 g/mol. The zero-order chi connectivity index (χ0) is 18.1. The molecule has 1 unspecified atom stereocenters. The highest BCUT2D eigenvalue weighted by Crippen LogP contribution is 2.28. The van der Waals surface area contributed by atoms with Crippen molar-refractivity contribution in [1.82, 2.24) is 9.88 Å². The number of fused-ring (bicyclic) bond motifs is 1. The predicted octanol–water partition coefficient (Wildman–Crippen LogP) is 4.54. The molecule has 0 radical (unpaired) electrons. The van der Waals surface area contributed by atoms with Crippen molar-refractivity contribution in [2.45, 2.75) is 25.8 Å². The van der Waals surface area contributed by atoms with Crippen LogP contribution >= 0.6 is 24.8 Å². The van der Waals surface area contributed by atoms with Gasteiger partial charge < -0.3 is 15.1 Å². The summed E-state index contributed by atoms with van der Waals surface area (Å²) >= 11 is 0. The first kappa shape index (κ1) is 22.2. The van der Waals surface area contributed by atoms with Crippen LogP contribution < -0.4 is 5.73 Å². The van der Waals surface area contributed by atoms with E-state index in [1.54, 1.807) is 6.26 Å². The number of hydrogen-bond donors (Lipinski definition) is 1. The zero-order valence-electron chi connectivity index (χ0n) is 15.7. The molecule has 4 rings (SSSR count). The fourth-order valence-corrected chi connectivity index (χ4v) is 3.70. The number of benzene rings is 1. The number of carbonyl (C=O) groups is 1. The van der Waals surface area contributed by atoms with Gasteiger partial charge in [-0.25, -0.2) is 4.98 Å². The number of rotatable bonds is 3. The first-order chi connectivity index (χ1) is 12.6. The van der Waals surface area contributed by atoms with Gasteiger partial charge in [0, 0.05) is 24.5 Å². The molecular formula is C21H25Cl2N3O2. The van der Waals surface area contributed by atoms with E-state index in [2.05, 4.69) is 4.98 Å². The predicted molar refractivity (Wildman–Crippen MR) is 116 cm³/mol. The van der Waals surface area contributed by atoms with Crippen molar-refractivity contribution >= 4 is 41.6 Å². The van der Waals surface area contributed by atoms with Gasteiger partial charge in [-0.05, 0) is 49.9 Å². The maximum atomic E-state index is 13.2. The molecule has 2 aromatic heterocycles. The molecule has 1 fully saturated rings. The van der Waals surface area contributed by atoms with Crippen LogP contribution in [0.15, 0.2) is 53.1 Å². The second-order valence-electron chi connectivity index (χ2n) is 7.04. The minimum absolute atomic E-state index is 0. The Labute approximate surface area is 177 Å². The number of piperidine rings is 1. The molecule has 2 N–H and O–H groups in total. The van der Waals surface area contributed by atoms with Crippen LogP contribution in [0.25, 0.3) is 22.4 Å². The van der Waals surface area contributed by atoms with Crippen LogP contribution in [0.5, 0.6) is 0 Å². The molecule has 1 aliphatic heterocycles. The van der Waals surface area contributed by atoms with Crippen LogP contribution in [0.2, 0.25) is 0 Å². The van der Waals surface area contributed by atoms with Gasteiger partial charge >= 0.3 is 0 Å². The van der Waals surface area contributed by atoms with Crippen LogP contribution in [-0.2, 0) is 0 Å². The Morgan fingerprint density at radius 3 is 2.54 bits per heavy atom. The summed E-state index contributed by atoms with van der Waals surface area (Å²) < 4.78 is 5.49. The van der Waals surface area contributed by atoms with Crippen molar-refractivity contribution in [3.05, 3.63) is 54.3 Å². The Kier molecular flexibility index (Phi) is 7.47. The molecule has 0 aliphatic carbocycles. The van der Waals surface area contributed by atoms with Crippen molar-refractivity contribution in [3.63, 3.8) is 0 Å². The minimum atomic E-state index is 0. The van der Waals surface area contributed by atoms with Gasteiger partial charge in [0.2, 0.25) is 0 Å². The molecule has 1 aromatic carbocycles. The van der Waals surface area contributed by atoms with E-state index in [0.29, 0.717) is 22.9 Å². The molecule has 3 heterocycles. The highest BCUT2D eigenvalue weighted by atomic mass is 35.5. The smallest absolute Gasteiger partial charge is 0.254 e. The quantitative estimate of drug-likeness (QED) is 0.673. The average Bonchev–Trinajstić information content (AvgIpc) is 3.21. The summed E-state index contributed by atoms with van der Waals surface area (Å²) in [6.45, 7) is 3.55. The number of halogens is 2. The van der Waals surface area contributed by atoms with Crippen LogP contribution in [0.1, 0.15) is 30.1 Å². The molecule has 1 atom stereocenters. The number of likely N-dealkylation sites (tertiary alicyclic amines) is 1. The van der Waals surface area contributed by atoms with E-state index in [0.717, 1.165) is 36.8 Å². The fraction of sp³-hybridized carbons (Fsp3) is 0.333. The lowest BCUT2D eigenvalue weighted by Crippen LogP contribution is -2.42. The topological polar surface area (TPSA) is 72.4 Å². The Morgan fingerprint density at radius 2 is 1.89 bits per heavy atom. The Hall–Kier alpha value is -2.08. The first-order valence-electron chi connectivity index (χ1n) is 9.12. The summed E-state index contributed by atoms with van der Waals surface area (Å²) in [5, 5.41) is 0.877. The summed E-state index contributed by atoms with van der Waals surface area (Å²) in [5.74, 6) is 1.21. The molecule has 5 nitrogen and oxygen atoms in total. The number of carbonyl (C=O) groups excluding carboxylic acids is 1. The molecule has 1 amide bonds. The molecule has 0 bridgehead atoms. The highest BCUT2D eigenvalue weighted by Gasteiger charge is 2.27. The lowest BCUT2D eigenvalue weighted by Gasteiger charge is -2.34. The molecular weight excluding hydrogens is 397 g/mol. The van der Waals surface area contributed by atoms with Crippen LogP contribution in [-0.4, -0.2) is 34.9 Å². The van der Waals surface area contributed by atoms with Crippen molar-refractivity contribution in [2.75, 3.05) is 13.1 Å². The van der Waals surface area contributed by atoms with Gasteiger partial charge in [0.1, 0.15) is 5.69 Å². The molecule has 1 aliphatic rings. The van der Waals surface area contributed by atoms with E-state index in [4.69, 9.17) is 10.2 Å². The Morgan fingerprint density at radius 1 is 1.18 bits per heavy atom. The summed E-state index contributed by atoms with van der Waals surface area (Å²) in [6, 6.07) is 13.5. The number of amides is 1. The summed E-state index contributed by atoms with van der Waals surface area (Å²) in [4.78, 5) is 19.8. The highest BCUT2D eigenvalue weighted by molar-refractivity contribution is 6.07. The second kappa shape index (κ2) is 9.41. The number of hydrogen-bond acceptors (Lipinski definition) is 4. The van der Waals surface area contributed by atoms with Gasteiger partial charge in [-0.3, -0.25) is 4.79 Å². The number of nitrogens with zero attached hydrogens (tertiary/aromatic N) is 2. The number of pyridine rings is 1. The van der Waals surface area contributed by atoms with Crippen molar-refractivity contribution in [2.24, 2.45) is 11.7 Å². The van der Waals surface area contributed by atoms with Crippen LogP contribution in [0, 0.1) is 5.92 Å². The summed E-state index contributed by atoms with van der Waals surface area (Å²) in [7, 11) is 0. The maximum Gasteiger partial charge on any atom is 0.254 e. The Bertz CT molecular complexity index is 921. The van der Waals surface area contributed by atoms with Crippen LogP contribution in [0.3, 0.4) is 0 Å². The first-order valence-corrected chi connectivity index (χ1v) is 9.12. The molecule has 0 spiro atoms. The lowest BCUT2D eigenvalue weighted by molar-refractivity contribution is 0.0683. The molecule has 1 saturated heterocycles. The number of aromatic nitrogens is 1. The molecule has 28 heavy (non-hydrogen) atoms. The minimum Gasteiger partial charge on any atom is -0.463 e. The zero-order valence-corrected chi connectivity index (χ0v) is 17.3. The lowest BCUT2D eigenvalue weighted by atomic mass is 9.90. The van der Waals surface area contributed by atoms with Gasteiger partial charge in [-0.15, -0.1) is 24.8 Å². The van der Waals surface area contributed by atoms with Gasteiger partial charge in [0.25, 0.3) is 5.91 Å². The SMILES string of the molecule is CC(N)C1CCN(C(=O)c2cc(-c3ccco3)nc3ccccc23)CC1.Cl.Cl.